The summed E-state index contributed by atoms with van der Waals surface area (Å²) in [5.74, 6) is -0.407. The summed E-state index contributed by atoms with van der Waals surface area (Å²) in [5.41, 5.74) is 1.53. The van der Waals surface area contributed by atoms with E-state index < -0.39 is 5.97 Å². The Balaban J connectivity index is 1.98. The Morgan fingerprint density at radius 2 is 2.11 bits per heavy atom. The van der Waals surface area contributed by atoms with Crippen LogP contribution in [0.5, 0.6) is 5.75 Å². The summed E-state index contributed by atoms with van der Waals surface area (Å²) in [7, 11) is 0. The molecule has 0 aliphatic rings. The fourth-order valence-corrected chi connectivity index (χ4v) is 2.01. The number of carboxylic acid groups (broad SMARTS) is 1. The van der Waals surface area contributed by atoms with E-state index in [1.54, 1.807) is 17.5 Å². The molecule has 0 unspecified atom stereocenters. The van der Waals surface area contributed by atoms with Crippen LogP contribution in [0.4, 0.5) is 0 Å². The third-order valence-corrected chi connectivity index (χ3v) is 3.17. The van der Waals surface area contributed by atoms with Crippen LogP contribution in [0.15, 0.2) is 35.7 Å². The van der Waals surface area contributed by atoms with Crippen LogP contribution >= 0.6 is 11.3 Å². The van der Waals surface area contributed by atoms with Crippen molar-refractivity contribution in [3.8, 4) is 11.8 Å². The highest BCUT2D eigenvalue weighted by molar-refractivity contribution is 7.12. The molecule has 0 amide bonds. The summed E-state index contributed by atoms with van der Waals surface area (Å²) in [6.45, 7) is 0.349. The molecule has 2 aromatic rings. The number of thiophene rings is 1. The largest absolute Gasteiger partial charge is 0.488 e. The minimum atomic E-state index is -0.951. The monoisotopic (exact) mass is 259 g/mol. The number of carboxylic acids is 1. The van der Waals surface area contributed by atoms with E-state index >= 15 is 0 Å². The van der Waals surface area contributed by atoms with Gasteiger partial charge in [0, 0.05) is 11.4 Å². The van der Waals surface area contributed by atoms with Crippen molar-refractivity contribution in [3.63, 3.8) is 0 Å². The molecule has 1 N–H and O–H groups in total. The first-order chi connectivity index (χ1) is 8.69. The summed E-state index contributed by atoms with van der Waals surface area (Å²) in [4.78, 5) is 10.9. The molecule has 0 atom stereocenters. The van der Waals surface area contributed by atoms with Gasteiger partial charge in [-0.1, -0.05) is 12.1 Å². The number of carbonyl (C=O) groups is 1. The molecule has 1 heterocycles. The molecule has 0 aliphatic carbocycles. The average Bonchev–Trinajstić information content (AvgIpc) is 2.86. The van der Waals surface area contributed by atoms with E-state index in [0.717, 1.165) is 16.9 Å². The maximum atomic E-state index is 10.7. The smallest absolute Gasteiger partial charge is 0.346 e. The second-order valence-electron chi connectivity index (χ2n) is 3.55. The number of nitrogens with zero attached hydrogens (tertiary/aromatic N) is 1. The van der Waals surface area contributed by atoms with Gasteiger partial charge in [-0.2, -0.15) is 5.26 Å². The van der Waals surface area contributed by atoms with E-state index in [1.165, 1.54) is 6.07 Å². The van der Waals surface area contributed by atoms with Gasteiger partial charge in [0.2, 0.25) is 0 Å². The quantitative estimate of drug-likeness (QED) is 0.916. The van der Waals surface area contributed by atoms with Gasteiger partial charge in [-0.3, -0.25) is 0 Å². The van der Waals surface area contributed by atoms with Gasteiger partial charge in [-0.15, -0.1) is 11.3 Å². The highest BCUT2D eigenvalue weighted by atomic mass is 32.1. The van der Waals surface area contributed by atoms with Crippen molar-refractivity contribution in [3.05, 3.63) is 51.7 Å². The molecule has 0 saturated carbocycles. The van der Waals surface area contributed by atoms with Gasteiger partial charge in [0.15, 0.2) is 0 Å². The van der Waals surface area contributed by atoms with Gasteiger partial charge < -0.3 is 9.84 Å². The topological polar surface area (TPSA) is 70.3 Å². The van der Waals surface area contributed by atoms with Crippen LogP contribution in [0, 0.1) is 11.3 Å². The van der Waals surface area contributed by atoms with Crippen molar-refractivity contribution in [1.82, 2.24) is 0 Å². The molecule has 0 fully saturated rings. The lowest BCUT2D eigenvalue weighted by Crippen LogP contribution is -1.95. The van der Waals surface area contributed by atoms with E-state index in [-0.39, 0.29) is 4.88 Å². The van der Waals surface area contributed by atoms with Crippen LogP contribution in [0.25, 0.3) is 0 Å². The highest BCUT2D eigenvalue weighted by Crippen LogP contribution is 2.22. The fraction of sp³-hybridized carbons (Fsp3) is 0.0769. The van der Waals surface area contributed by atoms with Crippen molar-refractivity contribution < 1.29 is 14.6 Å². The summed E-state index contributed by atoms with van der Waals surface area (Å²) in [6, 6.07) is 10.6. The minimum absolute atomic E-state index is 0.254. The molecule has 90 valence electrons. The van der Waals surface area contributed by atoms with Gasteiger partial charge in [0.1, 0.15) is 17.2 Å². The summed E-state index contributed by atoms with van der Waals surface area (Å²) in [5, 5.41) is 19.1. The van der Waals surface area contributed by atoms with Crippen LogP contribution in [0.3, 0.4) is 0 Å². The van der Waals surface area contributed by atoms with Gasteiger partial charge in [0.05, 0.1) is 11.6 Å². The third kappa shape index (κ3) is 2.87. The summed E-state index contributed by atoms with van der Waals surface area (Å²) >= 11 is 1.13. The van der Waals surface area contributed by atoms with E-state index in [2.05, 4.69) is 0 Å². The average molecular weight is 259 g/mol. The van der Waals surface area contributed by atoms with E-state index in [0.29, 0.717) is 17.9 Å². The van der Waals surface area contributed by atoms with Crippen molar-refractivity contribution in [1.29, 1.82) is 5.26 Å². The molecule has 2 rings (SSSR count). The number of rotatable bonds is 4. The minimum Gasteiger partial charge on any atom is -0.488 e. The van der Waals surface area contributed by atoms with Gasteiger partial charge in [0.25, 0.3) is 0 Å². The zero-order chi connectivity index (χ0) is 13.0. The zero-order valence-corrected chi connectivity index (χ0v) is 10.1. The number of hydrogen-bond acceptors (Lipinski definition) is 4. The SMILES string of the molecule is N#Cc1ccc(COc2csc(C(=O)O)c2)cc1. The normalized spacial score (nSPS) is 9.72. The molecule has 0 radical (unpaired) electrons. The Labute approximate surface area is 108 Å². The fourth-order valence-electron chi connectivity index (χ4n) is 1.35. The van der Waals surface area contributed by atoms with Crippen LogP contribution in [-0.4, -0.2) is 11.1 Å². The summed E-state index contributed by atoms with van der Waals surface area (Å²) < 4.78 is 5.46. The maximum Gasteiger partial charge on any atom is 0.346 e. The first-order valence-electron chi connectivity index (χ1n) is 5.12. The molecule has 0 bridgehead atoms. The van der Waals surface area contributed by atoms with Crippen molar-refractivity contribution >= 4 is 17.3 Å². The highest BCUT2D eigenvalue weighted by Gasteiger charge is 2.07. The lowest BCUT2D eigenvalue weighted by molar-refractivity contribution is 0.0702. The van der Waals surface area contributed by atoms with Crippen LogP contribution in [0.1, 0.15) is 20.8 Å². The number of hydrogen-bond donors (Lipinski definition) is 1. The van der Waals surface area contributed by atoms with Crippen LogP contribution in [0.2, 0.25) is 0 Å². The Hall–Kier alpha value is -2.32. The molecule has 0 aliphatic heterocycles. The first-order valence-corrected chi connectivity index (χ1v) is 6.00. The van der Waals surface area contributed by atoms with Crippen molar-refractivity contribution in [2.24, 2.45) is 0 Å². The second-order valence-corrected chi connectivity index (χ2v) is 4.46. The molecule has 1 aromatic heterocycles. The third-order valence-electron chi connectivity index (χ3n) is 2.27. The molecule has 4 nitrogen and oxygen atoms in total. The van der Waals surface area contributed by atoms with E-state index in [1.807, 2.05) is 18.2 Å². The van der Waals surface area contributed by atoms with Gasteiger partial charge in [-0.25, -0.2) is 4.79 Å². The molecule has 0 spiro atoms. The molecular weight excluding hydrogens is 250 g/mol. The number of ether oxygens (including phenoxy) is 1. The maximum absolute atomic E-state index is 10.7. The predicted molar refractivity (Wildman–Crippen MR) is 66.8 cm³/mol. The first kappa shape index (κ1) is 12.1. The Kier molecular flexibility index (Phi) is 3.60. The molecule has 1 aromatic carbocycles. The van der Waals surface area contributed by atoms with Gasteiger partial charge >= 0.3 is 5.97 Å². The lowest BCUT2D eigenvalue weighted by Gasteiger charge is -2.03. The standard InChI is InChI=1S/C13H9NO3S/c14-6-9-1-3-10(4-2-9)7-17-11-5-12(13(15)16)18-8-11/h1-5,8H,7H2,(H,15,16). The number of benzene rings is 1. The zero-order valence-electron chi connectivity index (χ0n) is 9.29. The van der Waals surface area contributed by atoms with Crippen LogP contribution in [-0.2, 0) is 6.61 Å². The van der Waals surface area contributed by atoms with Crippen LogP contribution < -0.4 is 4.74 Å². The van der Waals surface area contributed by atoms with E-state index in [4.69, 9.17) is 15.1 Å². The number of nitriles is 1. The Morgan fingerprint density at radius 1 is 1.39 bits per heavy atom. The van der Waals surface area contributed by atoms with Crippen molar-refractivity contribution in [2.45, 2.75) is 6.61 Å². The lowest BCUT2D eigenvalue weighted by atomic mass is 10.2. The molecule has 0 saturated heterocycles. The van der Waals surface area contributed by atoms with Gasteiger partial charge in [-0.05, 0) is 17.7 Å². The Morgan fingerprint density at radius 3 is 2.67 bits per heavy atom. The molecular formula is C13H9NO3S. The predicted octanol–water partition coefficient (Wildman–Crippen LogP) is 2.90. The molecule has 18 heavy (non-hydrogen) atoms. The Bertz CT molecular complexity index is 595. The molecule has 5 heteroatoms. The summed E-state index contributed by atoms with van der Waals surface area (Å²) in [6.07, 6.45) is 0. The number of aromatic carboxylic acids is 1. The second kappa shape index (κ2) is 5.34. The van der Waals surface area contributed by atoms with Crippen molar-refractivity contribution in [2.75, 3.05) is 0 Å². The van der Waals surface area contributed by atoms with E-state index in [9.17, 15) is 4.79 Å².